The lowest BCUT2D eigenvalue weighted by Crippen LogP contribution is -2.45. The monoisotopic (exact) mass is 241 g/mol. The van der Waals surface area contributed by atoms with Gasteiger partial charge in [0.2, 0.25) is 0 Å². The van der Waals surface area contributed by atoms with Crippen LogP contribution in [0.25, 0.3) is 0 Å². The Balaban J connectivity index is 2.56. The Morgan fingerprint density at radius 1 is 1.58 bits per heavy atom. The highest BCUT2D eigenvalue weighted by Crippen LogP contribution is 2.34. The molecule has 1 rings (SSSR count). The molecule has 0 aromatic rings. The van der Waals surface area contributed by atoms with E-state index in [9.17, 15) is 8.78 Å². The highest BCUT2D eigenvalue weighted by Gasteiger charge is 2.40. The predicted molar refractivity (Wildman–Crippen MR) is 49.0 cm³/mol. The lowest BCUT2D eigenvalue weighted by atomic mass is 10.0. The predicted octanol–water partition coefficient (Wildman–Crippen LogP) is 2.50. The zero-order valence-corrected chi connectivity index (χ0v) is 8.94. The lowest BCUT2D eigenvalue weighted by Gasteiger charge is -2.33. The molecule has 0 aromatic carbocycles. The lowest BCUT2D eigenvalue weighted by molar-refractivity contribution is 0.0596. The van der Waals surface area contributed by atoms with E-state index in [1.165, 1.54) is 0 Å². The van der Waals surface area contributed by atoms with Crippen molar-refractivity contribution in [3.8, 4) is 0 Å². The summed E-state index contributed by atoms with van der Waals surface area (Å²) in [4.78, 5) is 2.18. The second-order valence-electron chi connectivity index (χ2n) is 3.75. The normalized spacial score (nSPS) is 30.0. The minimum absolute atomic E-state index is 0.102. The van der Waals surface area contributed by atoms with Crippen molar-refractivity contribution in [2.75, 3.05) is 13.1 Å². The number of halogens is 3. The number of likely N-dealkylation sites (tertiary alicyclic amines) is 1. The van der Waals surface area contributed by atoms with Crippen molar-refractivity contribution in [1.29, 1.82) is 0 Å². The van der Waals surface area contributed by atoms with Crippen LogP contribution in [0.5, 0.6) is 0 Å². The standard InChI is InChI=1S/C8H14BrF2N/c1-8(2)6(9)3-4-12(8)5-7(10)11/h6-7H,3-5H2,1-2H3. The van der Waals surface area contributed by atoms with Gasteiger partial charge in [-0.1, -0.05) is 15.9 Å². The van der Waals surface area contributed by atoms with Gasteiger partial charge in [0.1, 0.15) is 0 Å². The molecule has 1 saturated heterocycles. The minimum atomic E-state index is -2.22. The van der Waals surface area contributed by atoms with Gasteiger partial charge in [0.25, 0.3) is 6.43 Å². The third-order valence-electron chi connectivity index (χ3n) is 2.59. The Hall–Kier alpha value is 0.300. The maximum Gasteiger partial charge on any atom is 0.251 e. The van der Waals surface area contributed by atoms with Crippen LogP contribution in [0.15, 0.2) is 0 Å². The third kappa shape index (κ3) is 1.96. The van der Waals surface area contributed by atoms with E-state index in [1.54, 1.807) is 0 Å². The van der Waals surface area contributed by atoms with E-state index in [2.05, 4.69) is 15.9 Å². The van der Waals surface area contributed by atoms with Gasteiger partial charge in [0.05, 0.1) is 6.54 Å². The first-order chi connectivity index (χ1) is 5.44. The summed E-state index contributed by atoms with van der Waals surface area (Å²) in [6.07, 6.45) is -1.26. The molecule has 0 radical (unpaired) electrons. The number of rotatable bonds is 2. The van der Waals surface area contributed by atoms with E-state index in [1.807, 2.05) is 18.7 Å². The maximum atomic E-state index is 12.1. The number of hydrogen-bond donors (Lipinski definition) is 0. The molecule has 0 amide bonds. The smallest absolute Gasteiger partial charge is 0.251 e. The molecule has 1 heterocycles. The van der Waals surface area contributed by atoms with Gasteiger partial charge in [-0.3, -0.25) is 4.90 Å². The van der Waals surface area contributed by atoms with Gasteiger partial charge in [-0.15, -0.1) is 0 Å². The van der Waals surface area contributed by atoms with Crippen molar-refractivity contribution >= 4 is 15.9 Å². The Morgan fingerprint density at radius 3 is 2.50 bits per heavy atom. The molecular formula is C8H14BrF2N. The van der Waals surface area contributed by atoms with Gasteiger partial charge in [-0.05, 0) is 20.3 Å². The molecule has 0 saturated carbocycles. The Morgan fingerprint density at radius 2 is 2.17 bits per heavy atom. The average Bonchev–Trinajstić information content (AvgIpc) is 2.15. The van der Waals surface area contributed by atoms with Gasteiger partial charge in [0.15, 0.2) is 0 Å². The van der Waals surface area contributed by atoms with Crippen LogP contribution in [0.2, 0.25) is 0 Å². The summed E-state index contributed by atoms with van der Waals surface area (Å²) in [7, 11) is 0. The van der Waals surface area contributed by atoms with E-state index in [-0.39, 0.29) is 12.1 Å². The van der Waals surface area contributed by atoms with Gasteiger partial charge in [-0.2, -0.15) is 0 Å². The van der Waals surface area contributed by atoms with Crippen LogP contribution in [0.1, 0.15) is 20.3 Å². The summed E-state index contributed by atoms with van der Waals surface area (Å²) in [5.74, 6) is 0. The molecular weight excluding hydrogens is 228 g/mol. The summed E-state index contributed by atoms with van der Waals surface area (Å²) in [5, 5.41) is 0. The van der Waals surface area contributed by atoms with E-state index in [0.29, 0.717) is 4.83 Å². The highest BCUT2D eigenvalue weighted by atomic mass is 79.9. The van der Waals surface area contributed by atoms with Crippen molar-refractivity contribution in [2.24, 2.45) is 0 Å². The van der Waals surface area contributed by atoms with Gasteiger partial charge >= 0.3 is 0 Å². The summed E-state index contributed by atoms with van der Waals surface area (Å²) >= 11 is 3.50. The van der Waals surface area contributed by atoms with Crippen LogP contribution in [0, 0.1) is 0 Å². The molecule has 1 nitrogen and oxygen atoms in total. The zero-order valence-electron chi connectivity index (χ0n) is 7.36. The summed E-state index contributed by atoms with van der Waals surface area (Å²) in [5.41, 5.74) is -0.129. The van der Waals surface area contributed by atoms with Gasteiger partial charge in [-0.25, -0.2) is 8.78 Å². The molecule has 0 N–H and O–H groups in total. The largest absolute Gasteiger partial charge is 0.291 e. The molecule has 0 bridgehead atoms. The van der Waals surface area contributed by atoms with E-state index in [4.69, 9.17) is 0 Å². The van der Waals surface area contributed by atoms with E-state index < -0.39 is 6.43 Å². The highest BCUT2D eigenvalue weighted by molar-refractivity contribution is 9.09. The fourth-order valence-corrected chi connectivity index (χ4v) is 2.10. The van der Waals surface area contributed by atoms with E-state index >= 15 is 0 Å². The molecule has 0 aromatic heterocycles. The third-order valence-corrected chi connectivity index (χ3v) is 4.17. The average molecular weight is 242 g/mol. The van der Waals surface area contributed by atoms with E-state index in [0.717, 1.165) is 13.0 Å². The zero-order chi connectivity index (χ0) is 9.35. The molecule has 1 atom stereocenters. The molecule has 12 heavy (non-hydrogen) atoms. The van der Waals surface area contributed by atoms with Crippen molar-refractivity contribution in [3.05, 3.63) is 0 Å². The van der Waals surface area contributed by atoms with Crippen LogP contribution < -0.4 is 0 Å². The number of alkyl halides is 3. The van der Waals surface area contributed by atoms with Crippen LogP contribution >= 0.6 is 15.9 Å². The SMILES string of the molecule is CC1(C)C(Br)CCN1CC(F)F. The summed E-state index contributed by atoms with van der Waals surface area (Å²) in [6, 6.07) is 0. The molecule has 0 aliphatic carbocycles. The Kier molecular flexibility index (Phi) is 3.10. The van der Waals surface area contributed by atoms with Crippen molar-refractivity contribution < 1.29 is 8.78 Å². The van der Waals surface area contributed by atoms with Crippen molar-refractivity contribution in [2.45, 2.75) is 37.1 Å². The molecule has 1 unspecified atom stereocenters. The molecule has 4 heteroatoms. The fraction of sp³-hybridized carbons (Fsp3) is 1.00. The molecule has 1 aliphatic rings. The summed E-state index contributed by atoms with van der Waals surface area (Å²) in [6.45, 7) is 4.67. The maximum absolute atomic E-state index is 12.1. The van der Waals surface area contributed by atoms with Crippen LogP contribution in [-0.4, -0.2) is 34.8 Å². The quantitative estimate of drug-likeness (QED) is 0.672. The fourth-order valence-electron chi connectivity index (χ4n) is 1.60. The topological polar surface area (TPSA) is 3.24 Å². The number of hydrogen-bond acceptors (Lipinski definition) is 1. The second kappa shape index (κ2) is 3.58. The molecule has 1 aliphatic heterocycles. The Labute approximate surface area is 80.2 Å². The minimum Gasteiger partial charge on any atom is -0.291 e. The van der Waals surface area contributed by atoms with Crippen LogP contribution in [0.3, 0.4) is 0 Å². The Bertz CT molecular complexity index is 161. The summed E-state index contributed by atoms with van der Waals surface area (Å²) < 4.78 is 24.2. The van der Waals surface area contributed by atoms with Crippen molar-refractivity contribution in [3.63, 3.8) is 0 Å². The van der Waals surface area contributed by atoms with Crippen molar-refractivity contribution in [1.82, 2.24) is 4.90 Å². The first kappa shape index (κ1) is 10.4. The van der Waals surface area contributed by atoms with Gasteiger partial charge in [0, 0.05) is 16.9 Å². The molecule has 0 spiro atoms. The van der Waals surface area contributed by atoms with Crippen LogP contribution in [0.4, 0.5) is 8.78 Å². The number of nitrogens with zero attached hydrogens (tertiary/aromatic N) is 1. The molecule has 1 fully saturated rings. The van der Waals surface area contributed by atoms with Crippen LogP contribution in [-0.2, 0) is 0 Å². The van der Waals surface area contributed by atoms with Gasteiger partial charge < -0.3 is 0 Å². The molecule has 72 valence electrons. The first-order valence-corrected chi connectivity index (χ1v) is 5.03. The first-order valence-electron chi connectivity index (χ1n) is 4.12. The second-order valence-corrected chi connectivity index (χ2v) is 4.85.